The summed E-state index contributed by atoms with van der Waals surface area (Å²) in [6, 6.07) is 2.37. The van der Waals surface area contributed by atoms with Gasteiger partial charge in [0.15, 0.2) is 11.4 Å². The normalized spacial score (nSPS) is 29.1. The summed E-state index contributed by atoms with van der Waals surface area (Å²) in [6.45, 7) is 5.47. The number of allylic oxidation sites excluding steroid dienone is 2. The maximum Gasteiger partial charge on any atom is 0.255 e. The number of phenols is 1. The van der Waals surface area contributed by atoms with E-state index in [4.69, 9.17) is 5.73 Å². The summed E-state index contributed by atoms with van der Waals surface area (Å²) >= 11 is 0. The molecule has 0 fully saturated rings. The van der Waals surface area contributed by atoms with Gasteiger partial charge in [-0.3, -0.25) is 19.3 Å². The number of likely N-dealkylation sites (N-methyl/N-ethyl adjacent to an activating group) is 1. The van der Waals surface area contributed by atoms with E-state index in [1.807, 2.05) is 0 Å². The summed E-state index contributed by atoms with van der Waals surface area (Å²) in [5.41, 5.74) is 3.14. The van der Waals surface area contributed by atoms with Crippen molar-refractivity contribution in [2.75, 3.05) is 14.1 Å². The maximum atomic E-state index is 13.5. The second-order valence-corrected chi connectivity index (χ2v) is 9.24. The van der Waals surface area contributed by atoms with Crippen molar-refractivity contribution in [1.29, 1.82) is 0 Å². The van der Waals surface area contributed by atoms with Crippen LogP contribution in [0.25, 0.3) is 5.57 Å². The molecule has 0 aromatic heterocycles. The molecule has 6 N–H and O–H groups in total. The zero-order chi connectivity index (χ0) is 24.6. The smallest absolute Gasteiger partial charge is 0.255 e. The molecule has 0 bridgehead atoms. The Morgan fingerprint density at radius 2 is 1.85 bits per heavy atom. The van der Waals surface area contributed by atoms with Crippen molar-refractivity contribution < 1.29 is 34.8 Å². The fourth-order valence-electron chi connectivity index (χ4n) is 5.57. The number of nitrogens with two attached hydrogens (primary N) is 1. The van der Waals surface area contributed by atoms with Crippen molar-refractivity contribution in [3.63, 3.8) is 0 Å². The molecule has 33 heavy (non-hydrogen) atoms. The van der Waals surface area contributed by atoms with Gasteiger partial charge in [-0.15, -0.1) is 0 Å². The number of carbonyl (C=O) groups excluding carboxylic acids is 3. The Hall–Kier alpha value is -3.43. The van der Waals surface area contributed by atoms with Crippen LogP contribution in [0.4, 0.5) is 0 Å². The highest BCUT2D eigenvalue weighted by Crippen LogP contribution is 2.52. The number of rotatable bonds is 3. The Bertz CT molecular complexity index is 1210. The van der Waals surface area contributed by atoms with Crippen LogP contribution in [0.15, 0.2) is 41.4 Å². The maximum absolute atomic E-state index is 13.5. The third kappa shape index (κ3) is 2.89. The first-order valence-electron chi connectivity index (χ1n) is 10.5. The first-order valence-corrected chi connectivity index (χ1v) is 10.5. The number of aliphatic hydroxyl groups is 3. The number of ketones is 2. The third-order valence-corrected chi connectivity index (χ3v) is 7.05. The van der Waals surface area contributed by atoms with Crippen LogP contribution in [0.1, 0.15) is 34.8 Å². The van der Waals surface area contributed by atoms with Crippen LogP contribution in [0, 0.1) is 11.8 Å². The van der Waals surface area contributed by atoms with Gasteiger partial charge in [-0.05, 0) is 50.9 Å². The number of phenolic OH excluding ortho intramolecular Hbond substituents is 1. The van der Waals surface area contributed by atoms with Crippen molar-refractivity contribution in [2.24, 2.45) is 17.6 Å². The predicted octanol–water partition coefficient (Wildman–Crippen LogP) is 1.15. The van der Waals surface area contributed by atoms with Gasteiger partial charge in [-0.25, -0.2) is 0 Å². The van der Waals surface area contributed by atoms with Crippen LogP contribution in [0.3, 0.4) is 0 Å². The van der Waals surface area contributed by atoms with Crippen LogP contribution in [0.5, 0.6) is 5.75 Å². The van der Waals surface area contributed by atoms with Gasteiger partial charge in [0.25, 0.3) is 5.91 Å². The fraction of sp³-hybridized carbons (Fsp3) is 0.375. The van der Waals surface area contributed by atoms with E-state index in [0.29, 0.717) is 16.7 Å². The molecule has 3 aliphatic rings. The topological polar surface area (TPSA) is 161 Å². The number of nitrogens with zero attached hydrogens (tertiary/aromatic N) is 1. The highest BCUT2D eigenvalue weighted by molar-refractivity contribution is 6.24. The van der Waals surface area contributed by atoms with Crippen LogP contribution in [-0.2, 0) is 16.0 Å². The van der Waals surface area contributed by atoms with Gasteiger partial charge in [0.05, 0.1) is 11.6 Å². The molecule has 0 aliphatic heterocycles. The Kier molecular flexibility index (Phi) is 5.03. The average Bonchev–Trinajstić information content (AvgIpc) is 2.70. The number of fused-ring (bicyclic) bond motifs is 3. The molecule has 9 nitrogen and oxygen atoms in total. The first kappa shape index (κ1) is 22.8. The zero-order valence-corrected chi connectivity index (χ0v) is 18.5. The molecule has 1 aromatic rings. The quantitative estimate of drug-likeness (QED) is 0.425. The van der Waals surface area contributed by atoms with Crippen molar-refractivity contribution in [2.45, 2.75) is 31.4 Å². The largest absolute Gasteiger partial charge is 0.510 e. The molecular formula is C24H26N2O7. The van der Waals surface area contributed by atoms with E-state index in [-0.39, 0.29) is 29.7 Å². The van der Waals surface area contributed by atoms with Crippen molar-refractivity contribution in [3.05, 3.63) is 58.1 Å². The van der Waals surface area contributed by atoms with Crippen LogP contribution in [-0.4, -0.2) is 68.5 Å². The van der Waals surface area contributed by atoms with Gasteiger partial charge >= 0.3 is 0 Å². The lowest BCUT2D eigenvalue weighted by atomic mass is 9.58. The number of amides is 1. The second kappa shape index (κ2) is 7.29. The monoisotopic (exact) mass is 454 g/mol. The molecule has 0 saturated carbocycles. The number of hydrogen-bond acceptors (Lipinski definition) is 8. The minimum atomic E-state index is -2.63. The summed E-state index contributed by atoms with van der Waals surface area (Å²) in [5, 5.41) is 44.2. The summed E-state index contributed by atoms with van der Waals surface area (Å²) < 4.78 is 0. The molecule has 4 rings (SSSR count). The lowest BCUT2D eigenvalue weighted by molar-refractivity contribution is -0.148. The molecule has 9 heteroatoms. The summed E-state index contributed by atoms with van der Waals surface area (Å²) in [4.78, 5) is 40.2. The van der Waals surface area contributed by atoms with Gasteiger partial charge in [0.2, 0.25) is 5.78 Å². The molecule has 0 unspecified atom stereocenters. The van der Waals surface area contributed by atoms with E-state index >= 15 is 0 Å². The molecule has 174 valence electrons. The second-order valence-electron chi connectivity index (χ2n) is 9.24. The lowest BCUT2D eigenvalue weighted by Crippen LogP contribution is -2.63. The number of primary amides is 1. The van der Waals surface area contributed by atoms with Crippen LogP contribution < -0.4 is 5.73 Å². The lowest BCUT2D eigenvalue weighted by Gasteiger charge is -2.50. The van der Waals surface area contributed by atoms with E-state index < -0.39 is 58.0 Å². The Balaban J connectivity index is 1.96. The van der Waals surface area contributed by atoms with E-state index in [1.165, 1.54) is 4.90 Å². The molecule has 0 heterocycles. The van der Waals surface area contributed by atoms with E-state index in [1.54, 1.807) is 33.2 Å². The standard InChI is InChI=1S/C24H26N2O7/c1-9(2)12-6-5-10-7-11-8-13-17(26(3)4)20(29)16(23(25)32)22(31)24(13,33)21(30)15(11)19(28)14(10)18(12)27/h5-6,11,13,17,27,29-30,33H,1,7-8H2,2-4H3,(H2,25,32)/t11-,13-,17-,24-/m0/s1. The Labute approximate surface area is 190 Å². The summed E-state index contributed by atoms with van der Waals surface area (Å²) in [5.74, 6) is -6.57. The highest BCUT2D eigenvalue weighted by Gasteiger charge is 2.63. The molecule has 1 aromatic carbocycles. The number of aliphatic hydroxyl groups excluding tert-OH is 2. The van der Waals surface area contributed by atoms with Gasteiger partial charge in [-0.1, -0.05) is 18.7 Å². The molecule has 0 radical (unpaired) electrons. The number of benzene rings is 1. The molecule has 4 atom stereocenters. The Morgan fingerprint density at radius 1 is 1.21 bits per heavy atom. The van der Waals surface area contributed by atoms with Gasteiger partial charge < -0.3 is 26.2 Å². The van der Waals surface area contributed by atoms with Crippen molar-refractivity contribution >= 4 is 23.0 Å². The summed E-state index contributed by atoms with van der Waals surface area (Å²) in [6.07, 6.45) is 0.327. The van der Waals surface area contributed by atoms with Crippen molar-refractivity contribution in [3.8, 4) is 5.75 Å². The molecule has 0 saturated heterocycles. The first-order chi connectivity index (χ1) is 15.3. The third-order valence-electron chi connectivity index (χ3n) is 7.05. The number of hydrogen-bond donors (Lipinski definition) is 5. The summed E-state index contributed by atoms with van der Waals surface area (Å²) in [7, 11) is 3.18. The zero-order valence-electron chi connectivity index (χ0n) is 18.5. The number of carbonyl (C=O) groups is 3. The number of Topliss-reactive ketones (excluding diaryl/α,β-unsaturated/α-hetero) is 2. The highest BCUT2D eigenvalue weighted by atomic mass is 16.3. The average molecular weight is 454 g/mol. The number of aromatic hydroxyl groups is 1. The fourth-order valence-corrected chi connectivity index (χ4v) is 5.57. The SMILES string of the molecule is C=C(C)c1ccc2c(c1O)C(=O)C1=C(O)[C@]3(O)C(=O)C(C(N)=O)=C(O)[C@@H](N(C)C)[C@@H]3C[C@@H]1C2. The van der Waals surface area contributed by atoms with Crippen LogP contribution >= 0.6 is 0 Å². The van der Waals surface area contributed by atoms with E-state index in [9.17, 15) is 34.8 Å². The molecular weight excluding hydrogens is 428 g/mol. The molecule has 3 aliphatic carbocycles. The Morgan fingerprint density at radius 3 is 2.39 bits per heavy atom. The van der Waals surface area contributed by atoms with Crippen molar-refractivity contribution in [1.82, 2.24) is 4.90 Å². The van der Waals surface area contributed by atoms with Gasteiger partial charge in [-0.2, -0.15) is 0 Å². The minimum absolute atomic E-state index is 0.0173. The van der Waals surface area contributed by atoms with Gasteiger partial charge in [0, 0.05) is 17.1 Å². The van der Waals surface area contributed by atoms with E-state index in [0.717, 1.165) is 0 Å². The minimum Gasteiger partial charge on any atom is -0.510 e. The van der Waals surface area contributed by atoms with E-state index in [2.05, 4.69) is 6.58 Å². The van der Waals surface area contributed by atoms with Gasteiger partial charge in [0.1, 0.15) is 22.8 Å². The molecule has 0 spiro atoms. The molecule has 1 amide bonds. The van der Waals surface area contributed by atoms with Crippen LogP contribution in [0.2, 0.25) is 0 Å². The predicted molar refractivity (Wildman–Crippen MR) is 118 cm³/mol.